The van der Waals surface area contributed by atoms with Crippen molar-refractivity contribution < 1.29 is 4.74 Å². The quantitative estimate of drug-likeness (QED) is 0.738. The molecule has 3 atom stereocenters. The topological polar surface area (TPSA) is 9.23 Å². The second-order valence-electron chi connectivity index (χ2n) is 5.76. The molecule has 1 nitrogen and oxygen atoms in total. The zero-order chi connectivity index (χ0) is 12.5. The van der Waals surface area contributed by atoms with Gasteiger partial charge in [0, 0.05) is 5.38 Å². The van der Waals surface area contributed by atoms with Crippen LogP contribution in [0.4, 0.5) is 0 Å². The van der Waals surface area contributed by atoms with E-state index < -0.39 is 0 Å². The molecule has 2 aliphatic carbocycles. The molecule has 18 heavy (non-hydrogen) atoms. The van der Waals surface area contributed by atoms with E-state index in [0.717, 1.165) is 29.9 Å². The highest BCUT2D eigenvalue weighted by Crippen LogP contribution is 2.58. The van der Waals surface area contributed by atoms with Crippen molar-refractivity contribution in [2.75, 3.05) is 7.11 Å². The standard InChI is InChI=1S/C16H21ClO/c1-18-12-6-4-5-11(9-12)10-15(17)16-13-7-2-3-8-14(13)16/h4-6,9,13-16H,2-3,7-8,10H2,1H3. The summed E-state index contributed by atoms with van der Waals surface area (Å²) in [5.74, 6) is 3.59. The van der Waals surface area contributed by atoms with Crippen LogP contribution in [0.3, 0.4) is 0 Å². The molecule has 2 fully saturated rings. The summed E-state index contributed by atoms with van der Waals surface area (Å²) in [7, 11) is 1.72. The number of benzene rings is 1. The molecule has 0 spiro atoms. The van der Waals surface area contributed by atoms with Crippen LogP contribution < -0.4 is 4.74 Å². The van der Waals surface area contributed by atoms with E-state index in [4.69, 9.17) is 16.3 Å². The van der Waals surface area contributed by atoms with Crippen molar-refractivity contribution in [3.63, 3.8) is 0 Å². The third-order valence-corrected chi connectivity index (χ3v) is 5.15. The van der Waals surface area contributed by atoms with Crippen LogP contribution in [-0.2, 0) is 6.42 Å². The van der Waals surface area contributed by atoms with Crippen LogP contribution in [0, 0.1) is 17.8 Å². The van der Waals surface area contributed by atoms with Crippen LogP contribution in [-0.4, -0.2) is 12.5 Å². The first-order valence-electron chi connectivity index (χ1n) is 7.06. The van der Waals surface area contributed by atoms with Crippen molar-refractivity contribution in [3.05, 3.63) is 29.8 Å². The lowest BCUT2D eigenvalue weighted by molar-refractivity contribution is 0.414. The second-order valence-corrected chi connectivity index (χ2v) is 6.32. The van der Waals surface area contributed by atoms with Gasteiger partial charge in [-0.05, 0) is 54.7 Å². The smallest absolute Gasteiger partial charge is 0.119 e. The number of ether oxygens (including phenoxy) is 1. The molecule has 0 N–H and O–H groups in total. The van der Waals surface area contributed by atoms with E-state index in [1.165, 1.54) is 31.2 Å². The van der Waals surface area contributed by atoms with Gasteiger partial charge in [-0.2, -0.15) is 0 Å². The van der Waals surface area contributed by atoms with Crippen molar-refractivity contribution in [1.29, 1.82) is 0 Å². The molecule has 2 saturated carbocycles. The third kappa shape index (κ3) is 2.38. The number of methoxy groups -OCH3 is 1. The first-order valence-corrected chi connectivity index (χ1v) is 7.50. The zero-order valence-electron chi connectivity index (χ0n) is 10.9. The fourth-order valence-corrected chi connectivity index (χ4v) is 4.30. The molecule has 0 amide bonds. The minimum Gasteiger partial charge on any atom is -0.497 e. The van der Waals surface area contributed by atoms with E-state index in [0.29, 0.717) is 5.38 Å². The molecule has 2 heteroatoms. The molecule has 98 valence electrons. The van der Waals surface area contributed by atoms with Gasteiger partial charge in [-0.1, -0.05) is 25.0 Å². The summed E-state index contributed by atoms with van der Waals surface area (Å²) in [5.41, 5.74) is 1.30. The van der Waals surface area contributed by atoms with Crippen molar-refractivity contribution in [2.24, 2.45) is 17.8 Å². The Balaban J connectivity index is 1.62. The second kappa shape index (κ2) is 5.13. The SMILES string of the molecule is COc1cccc(CC(Cl)C2C3CCCCC32)c1. The summed E-state index contributed by atoms with van der Waals surface area (Å²) in [5, 5.41) is 0.310. The predicted molar refractivity (Wildman–Crippen MR) is 75.3 cm³/mol. The summed E-state index contributed by atoms with van der Waals surface area (Å²) in [6.45, 7) is 0. The summed E-state index contributed by atoms with van der Waals surface area (Å²) >= 11 is 6.64. The average molecular weight is 265 g/mol. The molecular formula is C16H21ClO. The summed E-state index contributed by atoms with van der Waals surface area (Å²) in [4.78, 5) is 0. The molecule has 0 bridgehead atoms. The number of halogens is 1. The van der Waals surface area contributed by atoms with Gasteiger partial charge in [-0.25, -0.2) is 0 Å². The zero-order valence-corrected chi connectivity index (χ0v) is 11.7. The highest BCUT2D eigenvalue weighted by Gasteiger charge is 2.53. The first-order chi connectivity index (χ1) is 8.79. The van der Waals surface area contributed by atoms with Gasteiger partial charge in [-0.15, -0.1) is 11.6 Å². The van der Waals surface area contributed by atoms with Gasteiger partial charge in [-0.3, -0.25) is 0 Å². The Kier molecular flexibility index (Phi) is 3.52. The van der Waals surface area contributed by atoms with E-state index >= 15 is 0 Å². The Morgan fingerprint density at radius 2 is 2.00 bits per heavy atom. The Hall–Kier alpha value is -0.690. The molecule has 2 aliphatic rings. The molecule has 3 unspecified atom stereocenters. The maximum absolute atomic E-state index is 6.64. The molecule has 0 aromatic heterocycles. The number of fused-ring (bicyclic) bond motifs is 1. The molecule has 0 saturated heterocycles. The minimum absolute atomic E-state index is 0.310. The van der Waals surface area contributed by atoms with Crippen LogP contribution in [0.5, 0.6) is 5.75 Å². The summed E-state index contributed by atoms with van der Waals surface area (Å²) in [6, 6.07) is 8.31. The van der Waals surface area contributed by atoms with Gasteiger partial charge in [0.1, 0.15) is 5.75 Å². The van der Waals surface area contributed by atoms with Gasteiger partial charge >= 0.3 is 0 Å². The Bertz CT molecular complexity index is 405. The lowest BCUT2D eigenvalue weighted by Gasteiger charge is -2.10. The number of rotatable bonds is 4. The van der Waals surface area contributed by atoms with Crippen molar-refractivity contribution in [1.82, 2.24) is 0 Å². The highest BCUT2D eigenvalue weighted by atomic mass is 35.5. The maximum atomic E-state index is 6.64. The lowest BCUT2D eigenvalue weighted by atomic mass is 10.0. The van der Waals surface area contributed by atoms with Crippen LogP contribution in [0.25, 0.3) is 0 Å². The lowest BCUT2D eigenvalue weighted by Crippen LogP contribution is -2.08. The van der Waals surface area contributed by atoms with Gasteiger partial charge in [0.05, 0.1) is 7.11 Å². The van der Waals surface area contributed by atoms with Gasteiger partial charge in [0.15, 0.2) is 0 Å². The fourth-order valence-electron chi connectivity index (χ4n) is 3.74. The number of hydrogen-bond donors (Lipinski definition) is 0. The van der Waals surface area contributed by atoms with Crippen molar-refractivity contribution in [3.8, 4) is 5.75 Å². The van der Waals surface area contributed by atoms with E-state index in [1.807, 2.05) is 6.07 Å². The molecule has 1 aromatic rings. The normalized spacial score (nSPS) is 31.6. The number of hydrogen-bond acceptors (Lipinski definition) is 1. The van der Waals surface area contributed by atoms with Crippen LogP contribution >= 0.6 is 11.6 Å². The number of alkyl halides is 1. The summed E-state index contributed by atoms with van der Waals surface area (Å²) < 4.78 is 5.26. The molecule has 0 radical (unpaired) electrons. The molecule has 0 heterocycles. The van der Waals surface area contributed by atoms with Crippen molar-refractivity contribution >= 4 is 11.6 Å². The van der Waals surface area contributed by atoms with Crippen LogP contribution in [0.1, 0.15) is 31.2 Å². The van der Waals surface area contributed by atoms with E-state index in [2.05, 4.69) is 18.2 Å². The van der Waals surface area contributed by atoms with E-state index in [9.17, 15) is 0 Å². The van der Waals surface area contributed by atoms with Crippen molar-refractivity contribution in [2.45, 2.75) is 37.5 Å². The van der Waals surface area contributed by atoms with Gasteiger partial charge < -0.3 is 4.74 Å². The van der Waals surface area contributed by atoms with E-state index in [-0.39, 0.29) is 0 Å². The monoisotopic (exact) mass is 264 g/mol. The predicted octanol–water partition coefficient (Wildman–Crippen LogP) is 4.28. The highest BCUT2D eigenvalue weighted by molar-refractivity contribution is 6.21. The fraction of sp³-hybridized carbons (Fsp3) is 0.625. The molecule has 0 aliphatic heterocycles. The maximum Gasteiger partial charge on any atom is 0.119 e. The molecule has 1 aromatic carbocycles. The van der Waals surface area contributed by atoms with Crippen LogP contribution in [0.2, 0.25) is 0 Å². The Labute approximate surface area is 114 Å². The minimum atomic E-state index is 0.310. The first kappa shape index (κ1) is 12.3. The molecular weight excluding hydrogens is 244 g/mol. The third-order valence-electron chi connectivity index (χ3n) is 4.71. The largest absolute Gasteiger partial charge is 0.497 e. The van der Waals surface area contributed by atoms with Crippen LogP contribution in [0.15, 0.2) is 24.3 Å². The summed E-state index contributed by atoms with van der Waals surface area (Å²) in [6.07, 6.45) is 6.64. The Morgan fingerprint density at radius 3 is 2.67 bits per heavy atom. The van der Waals surface area contributed by atoms with E-state index in [1.54, 1.807) is 7.11 Å². The van der Waals surface area contributed by atoms with Gasteiger partial charge in [0.25, 0.3) is 0 Å². The average Bonchev–Trinajstić information content (AvgIpc) is 3.13. The Morgan fingerprint density at radius 1 is 1.28 bits per heavy atom. The molecule has 3 rings (SSSR count). The van der Waals surface area contributed by atoms with Gasteiger partial charge in [0.2, 0.25) is 0 Å².